The van der Waals surface area contributed by atoms with Crippen LogP contribution in [0.25, 0.3) is 0 Å². The van der Waals surface area contributed by atoms with Crippen molar-refractivity contribution < 1.29 is 0 Å². The first-order chi connectivity index (χ1) is 10.3. The van der Waals surface area contributed by atoms with E-state index in [1.165, 1.54) is 25.5 Å². The molecule has 2 fully saturated rings. The molecule has 1 aliphatic heterocycles. The van der Waals surface area contributed by atoms with Crippen LogP contribution in [0.5, 0.6) is 0 Å². The molecule has 6 nitrogen and oxygen atoms in total. The second-order valence-corrected chi connectivity index (χ2v) is 6.07. The zero-order chi connectivity index (χ0) is 14.7. The van der Waals surface area contributed by atoms with Crippen LogP contribution in [0.15, 0.2) is 6.33 Å². The number of anilines is 2. The molecule has 0 atom stereocenters. The summed E-state index contributed by atoms with van der Waals surface area (Å²) in [5.74, 6) is 2.47. The predicted molar refractivity (Wildman–Crippen MR) is 85.5 cm³/mol. The molecule has 114 valence electrons. The van der Waals surface area contributed by atoms with Crippen LogP contribution >= 0.6 is 0 Å². The van der Waals surface area contributed by atoms with Crippen molar-refractivity contribution in [1.29, 1.82) is 5.41 Å². The fraction of sp³-hybridized carbons (Fsp3) is 0.667. The smallest absolute Gasteiger partial charge is 0.143 e. The lowest BCUT2D eigenvalue weighted by Gasteiger charge is -2.34. The Labute approximate surface area is 126 Å². The van der Waals surface area contributed by atoms with Crippen LogP contribution in [0.3, 0.4) is 0 Å². The van der Waals surface area contributed by atoms with Gasteiger partial charge in [-0.15, -0.1) is 0 Å². The number of nitrogens with one attached hydrogen (secondary N) is 2. The van der Waals surface area contributed by atoms with Gasteiger partial charge in [0.2, 0.25) is 0 Å². The van der Waals surface area contributed by atoms with Crippen molar-refractivity contribution >= 4 is 17.9 Å². The van der Waals surface area contributed by atoms with Gasteiger partial charge in [-0.3, -0.25) is 0 Å². The molecular formula is C15H24N6. The molecule has 1 saturated carbocycles. The Bertz CT molecular complexity index is 491. The molecule has 1 aromatic rings. The monoisotopic (exact) mass is 288 g/mol. The number of nitrogens with zero attached hydrogens (tertiary/aromatic N) is 4. The van der Waals surface area contributed by atoms with Crippen molar-refractivity contribution in [2.24, 2.45) is 5.92 Å². The normalized spacial score (nSPS) is 20.1. The van der Waals surface area contributed by atoms with E-state index in [2.05, 4.69) is 32.1 Å². The molecule has 21 heavy (non-hydrogen) atoms. The van der Waals surface area contributed by atoms with Crippen LogP contribution in [0.1, 0.15) is 24.8 Å². The van der Waals surface area contributed by atoms with Crippen LogP contribution in [0.4, 0.5) is 11.6 Å². The van der Waals surface area contributed by atoms with Crippen LogP contribution in [0.2, 0.25) is 0 Å². The summed E-state index contributed by atoms with van der Waals surface area (Å²) < 4.78 is 0. The summed E-state index contributed by atoms with van der Waals surface area (Å²) in [6.45, 7) is 4.94. The van der Waals surface area contributed by atoms with Crippen molar-refractivity contribution in [2.45, 2.75) is 19.3 Å². The molecule has 0 unspecified atom stereocenters. The van der Waals surface area contributed by atoms with Crippen LogP contribution in [-0.4, -0.2) is 60.9 Å². The topological polar surface area (TPSA) is 68.1 Å². The second kappa shape index (κ2) is 6.39. The lowest BCUT2D eigenvalue weighted by Crippen LogP contribution is -2.45. The number of rotatable bonds is 5. The minimum absolute atomic E-state index is 0.769. The average molecular weight is 288 g/mol. The number of hydrogen-bond donors (Lipinski definition) is 2. The van der Waals surface area contributed by atoms with Gasteiger partial charge in [0, 0.05) is 38.9 Å². The molecule has 0 radical (unpaired) electrons. The first-order valence-electron chi connectivity index (χ1n) is 7.80. The van der Waals surface area contributed by atoms with Crippen LogP contribution in [-0.2, 0) is 0 Å². The Morgan fingerprint density at radius 1 is 1.29 bits per heavy atom. The van der Waals surface area contributed by atoms with Gasteiger partial charge in [-0.25, -0.2) is 9.97 Å². The van der Waals surface area contributed by atoms with Gasteiger partial charge in [0.05, 0.1) is 5.56 Å². The highest BCUT2D eigenvalue weighted by Crippen LogP contribution is 2.28. The number of aromatic nitrogens is 2. The minimum Gasteiger partial charge on any atom is -0.369 e. The summed E-state index contributed by atoms with van der Waals surface area (Å²) in [4.78, 5) is 13.3. The Morgan fingerprint density at radius 2 is 2.05 bits per heavy atom. The summed E-state index contributed by atoms with van der Waals surface area (Å²) >= 11 is 0. The van der Waals surface area contributed by atoms with Gasteiger partial charge in [0.15, 0.2) is 0 Å². The van der Waals surface area contributed by atoms with Gasteiger partial charge >= 0.3 is 0 Å². The fourth-order valence-electron chi connectivity index (χ4n) is 2.87. The Balaban J connectivity index is 1.74. The summed E-state index contributed by atoms with van der Waals surface area (Å²) in [7, 11) is 2.14. The van der Waals surface area contributed by atoms with E-state index in [0.717, 1.165) is 55.8 Å². The third kappa shape index (κ3) is 3.15. The van der Waals surface area contributed by atoms with Crippen LogP contribution < -0.4 is 10.2 Å². The lowest BCUT2D eigenvalue weighted by atomic mass is 9.85. The van der Waals surface area contributed by atoms with E-state index in [1.54, 1.807) is 6.33 Å². The molecule has 6 heteroatoms. The quantitative estimate of drug-likeness (QED) is 0.802. The number of hydrogen-bond acceptors (Lipinski definition) is 6. The largest absolute Gasteiger partial charge is 0.369 e. The van der Waals surface area contributed by atoms with E-state index in [-0.39, 0.29) is 0 Å². The van der Waals surface area contributed by atoms with Crippen molar-refractivity contribution in [2.75, 3.05) is 50.0 Å². The molecule has 1 saturated heterocycles. The third-order valence-corrected chi connectivity index (χ3v) is 4.59. The Morgan fingerprint density at radius 3 is 2.67 bits per heavy atom. The second-order valence-electron chi connectivity index (χ2n) is 6.07. The first-order valence-corrected chi connectivity index (χ1v) is 7.80. The molecule has 0 aromatic carbocycles. The van der Waals surface area contributed by atoms with Crippen molar-refractivity contribution in [3.63, 3.8) is 0 Å². The van der Waals surface area contributed by atoms with Crippen molar-refractivity contribution in [3.05, 3.63) is 11.9 Å². The average Bonchev–Trinajstić information content (AvgIpc) is 2.46. The molecule has 0 bridgehead atoms. The predicted octanol–water partition coefficient (Wildman–Crippen LogP) is 1.44. The van der Waals surface area contributed by atoms with E-state index in [9.17, 15) is 0 Å². The van der Waals surface area contributed by atoms with Gasteiger partial charge in [-0.05, 0) is 25.8 Å². The van der Waals surface area contributed by atoms with Gasteiger partial charge in [-0.2, -0.15) is 0 Å². The zero-order valence-electron chi connectivity index (χ0n) is 12.7. The zero-order valence-corrected chi connectivity index (χ0v) is 12.7. The molecular weight excluding hydrogens is 264 g/mol. The minimum atomic E-state index is 0.769. The molecule has 1 aromatic heterocycles. The maximum absolute atomic E-state index is 7.75. The van der Waals surface area contributed by atoms with E-state index in [4.69, 9.17) is 5.41 Å². The summed E-state index contributed by atoms with van der Waals surface area (Å²) in [6, 6.07) is 0. The molecule has 2 N–H and O–H groups in total. The van der Waals surface area contributed by atoms with E-state index in [1.807, 2.05) is 0 Å². The standard InChI is InChI=1S/C15H24N6/c1-20-5-7-21(8-6-20)15-13(9-16)14(18-11-19-15)17-10-12-3-2-4-12/h9,11-12,16H,2-8,10H2,1H3,(H,17,18,19). The highest BCUT2D eigenvalue weighted by atomic mass is 15.3. The summed E-state index contributed by atoms with van der Waals surface area (Å²) in [5.41, 5.74) is 0.821. The van der Waals surface area contributed by atoms with E-state index >= 15 is 0 Å². The van der Waals surface area contributed by atoms with Gasteiger partial charge in [0.25, 0.3) is 0 Å². The summed E-state index contributed by atoms with van der Waals surface area (Å²) in [5, 5.41) is 11.2. The number of piperazine rings is 1. The lowest BCUT2D eigenvalue weighted by molar-refractivity contribution is 0.312. The van der Waals surface area contributed by atoms with E-state index < -0.39 is 0 Å². The van der Waals surface area contributed by atoms with Gasteiger partial charge in [0.1, 0.15) is 18.0 Å². The first kappa shape index (κ1) is 14.3. The third-order valence-electron chi connectivity index (χ3n) is 4.59. The molecule has 2 heterocycles. The van der Waals surface area contributed by atoms with Crippen LogP contribution in [0, 0.1) is 11.3 Å². The molecule has 1 aliphatic carbocycles. The molecule has 0 spiro atoms. The fourth-order valence-corrected chi connectivity index (χ4v) is 2.87. The summed E-state index contributed by atoms with van der Waals surface area (Å²) in [6.07, 6.45) is 6.97. The van der Waals surface area contributed by atoms with Gasteiger partial charge < -0.3 is 20.5 Å². The molecule has 0 amide bonds. The maximum Gasteiger partial charge on any atom is 0.143 e. The van der Waals surface area contributed by atoms with Crippen molar-refractivity contribution in [1.82, 2.24) is 14.9 Å². The molecule has 2 aliphatic rings. The SMILES string of the molecule is CN1CCN(c2ncnc(NCC3CCC3)c2C=N)CC1. The highest BCUT2D eigenvalue weighted by Gasteiger charge is 2.21. The Hall–Kier alpha value is -1.69. The van der Waals surface area contributed by atoms with E-state index in [0.29, 0.717) is 0 Å². The maximum atomic E-state index is 7.75. The van der Waals surface area contributed by atoms with Crippen molar-refractivity contribution in [3.8, 4) is 0 Å². The Kier molecular flexibility index (Phi) is 4.34. The molecule has 3 rings (SSSR count). The highest BCUT2D eigenvalue weighted by molar-refractivity contribution is 5.91. The number of likely N-dealkylation sites (N-methyl/N-ethyl adjacent to an activating group) is 1. The van der Waals surface area contributed by atoms with Gasteiger partial charge in [-0.1, -0.05) is 6.42 Å².